The second kappa shape index (κ2) is 13.6. The van der Waals surface area contributed by atoms with Gasteiger partial charge in [0.05, 0.1) is 11.4 Å². The molecule has 0 atom stereocenters. The van der Waals surface area contributed by atoms with E-state index in [0.29, 0.717) is 0 Å². The standard InChI is InChI=1S/C50H38N2/c1-4-16-38(17-5-1)39-30-32-40(33-31-39)41-34-36-50(37-35-41,51(44-22-6-2-7-23-44)48-28-14-20-42-18-10-12-26-46(42)48)52(45-24-8-3-9-25-45)49-29-15-21-43-19-11-13-27-47(43)49/h1-36H,37H2. The molecule has 0 radical (unpaired) electrons. The Balaban J connectivity index is 1.29. The van der Waals surface area contributed by atoms with Gasteiger partial charge in [0.1, 0.15) is 5.66 Å². The molecule has 0 unspecified atom stereocenters. The first-order valence-corrected chi connectivity index (χ1v) is 18.0. The van der Waals surface area contributed by atoms with Gasteiger partial charge in [0.25, 0.3) is 0 Å². The lowest BCUT2D eigenvalue weighted by Gasteiger charge is -2.52. The molecule has 2 heteroatoms. The molecule has 0 N–H and O–H groups in total. The van der Waals surface area contributed by atoms with Gasteiger partial charge in [0.15, 0.2) is 0 Å². The smallest absolute Gasteiger partial charge is 0.145 e. The number of nitrogens with zero attached hydrogens (tertiary/aromatic N) is 2. The molecule has 0 saturated heterocycles. The van der Waals surface area contributed by atoms with Crippen LogP contribution < -0.4 is 9.80 Å². The summed E-state index contributed by atoms with van der Waals surface area (Å²) >= 11 is 0. The zero-order valence-corrected chi connectivity index (χ0v) is 28.9. The molecular formula is C50H38N2. The molecule has 248 valence electrons. The second-order valence-electron chi connectivity index (χ2n) is 13.4. The van der Waals surface area contributed by atoms with Crippen molar-refractivity contribution in [3.05, 3.63) is 224 Å². The molecule has 52 heavy (non-hydrogen) atoms. The van der Waals surface area contributed by atoms with Crippen LogP contribution in [0.5, 0.6) is 0 Å². The Bertz CT molecular complexity index is 2400. The van der Waals surface area contributed by atoms with Crippen LogP contribution in [0.2, 0.25) is 0 Å². The van der Waals surface area contributed by atoms with Gasteiger partial charge in [0.2, 0.25) is 0 Å². The van der Waals surface area contributed by atoms with E-state index in [4.69, 9.17) is 0 Å². The van der Waals surface area contributed by atoms with Crippen LogP contribution in [0, 0.1) is 0 Å². The quantitative estimate of drug-likeness (QED) is 0.149. The number of para-hydroxylation sites is 2. The Morgan fingerprint density at radius 3 is 1.29 bits per heavy atom. The van der Waals surface area contributed by atoms with Crippen LogP contribution in [0.3, 0.4) is 0 Å². The fourth-order valence-electron chi connectivity index (χ4n) is 7.85. The highest BCUT2D eigenvalue weighted by Crippen LogP contribution is 2.49. The molecule has 9 rings (SSSR count). The minimum Gasteiger partial charge on any atom is -0.313 e. The van der Waals surface area contributed by atoms with Crippen molar-refractivity contribution in [1.29, 1.82) is 0 Å². The molecule has 2 nitrogen and oxygen atoms in total. The molecule has 0 saturated carbocycles. The minimum atomic E-state index is -0.690. The van der Waals surface area contributed by atoms with Crippen molar-refractivity contribution >= 4 is 49.9 Å². The van der Waals surface area contributed by atoms with Crippen LogP contribution in [0.4, 0.5) is 22.7 Å². The first-order valence-electron chi connectivity index (χ1n) is 18.0. The van der Waals surface area contributed by atoms with Gasteiger partial charge < -0.3 is 9.80 Å². The number of hydrogen-bond acceptors (Lipinski definition) is 2. The molecule has 8 aromatic rings. The summed E-state index contributed by atoms with van der Waals surface area (Å²) in [4.78, 5) is 5.12. The number of allylic oxidation sites excluding steroid dienone is 2. The van der Waals surface area contributed by atoms with Crippen LogP contribution in [-0.4, -0.2) is 5.66 Å². The predicted octanol–water partition coefficient (Wildman–Crippen LogP) is 13.4. The molecule has 0 spiro atoms. The predicted molar refractivity (Wildman–Crippen MR) is 221 cm³/mol. The lowest BCUT2D eigenvalue weighted by molar-refractivity contribution is 0.528. The van der Waals surface area contributed by atoms with Crippen molar-refractivity contribution in [3.63, 3.8) is 0 Å². The number of fused-ring (bicyclic) bond motifs is 2. The van der Waals surface area contributed by atoms with Gasteiger partial charge >= 0.3 is 0 Å². The van der Waals surface area contributed by atoms with Crippen LogP contribution in [-0.2, 0) is 0 Å². The van der Waals surface area contributed by atoms with Crippen molar-refractivity contribution < 1.29 is 0 Å². The number of rotatable bonds is 8. The highest BCUT2D eigenvalue weighted by atomic mass is 15.4. The van der Waals surface area contributed by atoms with Gasteiger partial charge in [-0.2, -0.15) is 0 Å². The van der Waals surface area contributed by atoms with E-state index >= 15 is 0 Å². The van der Waals surface area contributed by atoms with E-state index in [-0.39, 0.29) is 0 Å². The lowest BCUT2D eigenvalue weighted by atomic mass is 9.87. The van der Waals surface area contributed by atoms with Gasteiger partial charge in [-0.1, -0.05) is 176 Å². The summed E-state index contributed by atoms with van der Waals surface area (Å²) in [6.45, 7) is 0. The van der Waals surface area contributed by atoms with E-state index in [1.54, 1.807) is 0 Å². The fourth-order valence-corrected chi connectivity index (χ4v) is 7.85. The zero-order valence-electron chi connectivity index (χ0n) is 28.9. The Labute approximate surface area is 305 Å². The van der Waals surface area contributed by atoms with E-state index in [1.807, 2.05) is 0 Å². The summed E-state index contributed by atoms with van der Waals surface area (Å²) in [6, 6.07) is 72.1. The maximum Gasteiger partial charge on any atom is 0.145 e. The van der Waals surface area contributed by atoms with Crippen LogP contribution in [0.1, 0.15) is 12.0 Å². The van der Waals surface area contributed by atoms with Crippen molar-refractivity contribution in [2.75, 3.05) is 9.80 Å². The Morgan fingerprint density at radius 2 is 0.788 bits per heavy atom. The lowest BCUT2D eigenvalue weighted by Crippen LogP contribution is -2.57. The number of hydrogen-bond donors (Lipinski definition) is 0. The number of anilines is 4. The summed E-state index contributed by atoms with van der Waals surface area (Å²) in [7, 11) is 0. The average Bonchev–Trinajstić information content (AvgIpc) is 3.23. The summed E-state index contributed by atoms with van der Waals surface area (Å²) in [6.07, 6.45) is 7.93. The Morgan fingerprint density at radius 1 is 0.365 bits per heavy atom. The first-order chi connectivity index (χ1) is 25.8. The van der Waals surface area contributed by atoms with E-state index < -0.39 is 5.66 Å². The Kier molecular flexibility index (Phi) is 8.19. The summed E-state index contributed by atoms with van der Waals surface area (Å²) in [5.74, 6) is 0. The molecule has 0 bridgehead atoms. The molecule has 0 heterocycles. The van der Waals surface area contributed by atoms with E-state index in [0.717, 1.165) is 29.2 Å². The van der Waals surface area contributed by atoms with Gasteiger partial charge in [-0.3, -0.25) is 0 Å². The van der Waals surface area contributed by atoms with E-state index in [9.17, 15) is 0 Å². The maximum atomic E-state index is 2.56. The molecule has 0 amide bonds. The minimum absolute atomic E-state index is 0.690. The topological polar surface area (TPSA) is 6.48 Å². The van der Waals surface area contributed by atoms with Crippen LogP contribution >= 0.6 is 0 Å². The molecular weight excluding hydrogens is 629 g/mol. The SMILES string of the molecule is C1=CC(N(c2ccccc2)c2cccc3ccccc23)(N(c2ccccc2)c2cccc3ccccc23)CC=C1c1ccc(-c2ccccc2)cc1. The zero-order chi connectivity index (χ0) is 34.7. The molecule has 0 aromatic heterocycles. The molecule has 0 fully saturated rings. The monoisotopic (exact) mass is 666 g/mol. The summed E-state index contributed by atoms with van der Waals surface area (Å²) in [5.41, 5.74) is 8.72. The maximum absolute atomic E-state index is 2.56. The van der Waals surface area contributed by atoms with E-state index in [2.05, 4.69) is 228 Å². The van der Waals surface area contributed by atoms with Crippen molar-refractivity contribution in [1.82, 2.24) is 0 Å². The van der Waals surface area contributed by atoms with Gasteiger partial charge in [0, 0.05) is 28.6 Å². The second-order valence-corrected chi connectivity index (χ2v) is 13.4. The third-order valence-electron chi connectivity index (χ3n) is 10.3. The molecule has 1 aliphatic carbocycles. The van der Waals surface area contributed by atoms with Crippen molar-refractivity contribution in [3.8, 4) is 11.1 Å². The fraction of sp³-hybridized carbons (Fsp3) is 0.0400. The Hall–Kier alpha value is -6.64. The van der Waals surface area contributed by atoms with Gasteiger partial charge in [-0.05, 0) is 75.5 Å². The molecule has 1 aliphatic rings. The summed E-state index contributed by atoms with van der Waals surface area (Å²) in [5, 5.41) is 4.83. The molecule has 8 aromatic carbocycles. The van der Waals surface area contributed by atoms with E-state index in [1.165, 1.54) is 43.8 Å². The van der Waals surface area contributed by atoms with Crippen LogP contribution in [0.15, 0.2) is 218 Å². The largest absolute Gasteiger partial charge is 0.313 e. The third kappa shape index (κ3) is 5.65. The first kappa shape index (κ1) is 31.3. The van der Waals surface area contributed by atoms with Crippen molar-refractivity contribution in [2.45, 2.75) is 12.1 Å². The normalized spacial score (nSPS) is 13.5. The highest BCUT2D eigenvalue weighted by molar-refractivity contribution is 6.00. The third-order valence-corrected chi connectivity index (χ3v) is 10.3. The van der Waals surface area contributed by atoms with Crippen LogP contribution in [0.25, 0.3) is 38.2 Å². The molecule has 0 aliphatic heterocycles. The number of benzene rings is 8. The summed E-state index contributed by atoms with van der Waals surface area (Å²) < 4.78 is 0. The van der Waals surface area contributed by atoms with Gasteiger partial charge in [-0.25, -0.2) is 0 Å². The van der Waals surface area contributed by atoms with Crippen molar-refractivity contribution in [2.24, 2.45) is 0 Å². The average molecular weight is 667 g/mol. The van der Waals surface area contributed by atoms with Gasteiger partial charge in [-0.15, -0.1) is 0 Å². The highest BCUT2D eigenvalue weighted by Gasteiger charge is 2.44.